The molecule has 0 aliphatic rings. The van der Waals surface area contributed by atoms with Gasteiger partial charge in [-0.15, -0.1) is 0 Å². The van der Waals surface area contributed by atoms with E-state index in [9.17, 15) is 10.1 Å². The lowest BCUT2D eigenvalue weighted by molar-refractivity contribution is -0.385. The van der Waals surface area contributed by atoms with Crippen LogP contribution in [0.15, 0.2) is 16.7 Å². The Morgan fingerprint density at radius 3 is 2.93 bits per heavy atom. The van der Waals surface area contributed by atoms with Gasteiger partial charge in [0.2, 0.25) is 0 Å². The van der Waals surface area contributed by atoms with Crippen molar-refractivity contribution in [2.45, 2.75) is 6.42 Å². The maximum absolute atomic E-state index is 10.4. The highest BCUT2D eigenvalue weighted by Crippen LogP contribution is 2.24. The molecule has 1 aromatic rings. The Hall–Kier alpha value is -1.21. The van der Waals surface area contributed by atoms with Gasteiger partial charge in [0, 0.05) is 12.6 Å². The monoisotopic (exact) mass is 274 g/mol. The third-order valence-electron chi connectivity index (χ3n) is 1.71. The molecule has 0 atom stereocenters. The van der Waals surface area contributed by atoms with E-state index in [1.165, 1.54) is 12.3 Å². The van der Waals surface area contributed by atoms with Gasteiger partial charge >= 0.3 is 0 Å². The van der Waals surface area contributed by atoms with Crippen LogP contribution >= 0.6 is 15.9 Å². The molecule has 0 amide bonds. The van der Waals surface area contributed by atoms with Crippen LogP contribution in [0.5, 0.6) is 0 Å². The molecule has 0 fully saturated rings. The van der Waals surface area contributed by atoms with Crippen LogP contribution in [0.4, 0.5) is 11.5 Å². The number of aromatic nitrogens is 1. The van der Waals surface area contributed by atoms with Gasteiger partial charge in [-0.05, 0) is 28.9 Å². The minimum absolute atomic E-state index is 0.0359. The molecule has 15 heavy (non-hydrogen) atoms. The smallest absolute Gasteiger partial charge is 0.288 e. The average molecular weight is 275 g/mol. The Bertz CT molecular complexity index is 358. The second kappa shape index (κ2) is 5.62. The first-order chi connectivity index (χ1) is 7.15. The molecule has 6 nitrogen and oxygen atoms in total. The average Bonchev–Trinajstić information content (AvgIpc) is 2.20. The number of halogens is 1. The Kier molecular flexibility index (Phi) is 4.44. The number of rotatable bonds is 5. The summed E-state index contributed by atoms with van der Waals surface area (Å²) < 4.78 is 0.578. The number of anilines is 1. The molecule has 0 aliphatic carbocycles. The van der Waals surface area contributed by atoms with Gasteiger partial charge in [-0.1, -0.05) is 0 Å². The number of pyridine rings is 1. The lowest BCUT2D eigenvalue weighted by Crippen LogP contribution is -2.09. The van der Waals surface area contributed by atoms with Crippen LogP contribution in [0.25, 0.3) is 0 Å². The predicted octanol–water partition coefficient (Wildman–Crippen LogP) is 1.51. The molecule has 0 aromatic carbocycles. The van der Waals surface area contributed by atoms with Crippen molar-refractivity contribution < 1.29 is 4.92 Å². The van der Waals surface area contributed by atoms with E-state index in [0.29, 0.717) is 23.4 Å². The van der Waals surface area contributed by atoms with Crippen molar-refractivity contribution >= 4 is 27.4 Å². The van der Waals surface area contributed by atoms with Crippen molar-refractivity contribution in [2.24, 2.45) is 5.73 Å². The topological polar surface area (TPSA) is 94.1 Å². The fourth-order valence-electron chi connectivity index (χ4n) is 0.967. The first-order valence-electron chi connectivity index (χ1n) is 4.39. The number of hydrogen-bond acceptors (Lipinski definition) is 5. The summed E-state index contributed by atoms with van der Waals surface area (Å²) in [6.45, 7) is 1.29. The molecule has 0 saturated carbocycles. The van der Waals surface area contributed by atoms with E-state index in [2.05, 4.69) is 26.2 Å². The Balaban J connectivity index is 2.70. The number of nitro groups is 1. The summed E-state index contributed by atoms with van der Waals surface area (Å²) in [6.07, 6.45) is 2.04. The van der Waals surface area contributed by atoms with Gasteiger partial charge in [0.05, 0.1) is 9.40 Å². The van der Waals surface area contributed by atoms with Gasteiger partial charge in [0.25, 0.3) is 5.69 Å². The molecule has 0 spiro atoms. The minimum atomic E-state index is -0.485. The molecule has 7 heteroatoms. The summed E-state index contributed by atoms with van der Waals surface area (Å²) in [5.74, 6) is 0.592. The van der Waals surface area contributed by atoms with Crippen molar-refractivity contribution in [2.75, 3.05) is 18.4 Å². The lowest BCUT2D eigenvalue weighted by atomic mass is 10.4. The standard InChI is InChI=1S/C8H11BrN4O2/c9-7-4-6(13(14)15)5-12-8(7)11-3-1-2-10/h4-5H,1-3,10H2,(H,11,12). The molecule has 82 valence electrons. The molecule has 1 rings (SSSR count). The number of hydrogen-bond donors (Lipinski definition) is 2. The normalized spacial score (nSPS) is 10.0. The van der Waals surface area contributed by atoms with E-state index >= 15 is 0 Å². The third-order valence-corrected chi connectivity index (χ3v) is 2.32. The van der Waals surface area contributed by atoms with Crippen LogP contribution in [0, 0.1) is 10.1 Å². The molecule has 1 heterocycles. The van der Waals surface area contributed by atoms with Crippen LogP contribution in [-0.2, 0) is 0 Å². The molecule has 0 unspecified atom stereocenters. The van der Waals surface area contributed by atoms with E-state index in [-0.39, 0.29) is 5.69 Å². The van der Waals surface area contributed by atoms with Crippen LogP contribution in [-0.4, -0.2) is 23.0 Å². The van der Waals surface area contributed by atoms with E-state index in [1.54, 1.807) is 0 Å². The maximum atomic E-state index is 10.4. The van der Waals surface area contributed by atoms with Gasteiger partial charge in [0.15, 0.2) is 0 Å². The molecular formula is C8H11BrN4O2. The second-order valence-corrected chi connectivity index (χ2v) is 3.70. The Morgan fingerprint density at radius 2 is 2.40 bits per heavy atom. The number of nitrogens with two attached hydrogens (primary N) is 1. The molecule has 0 bridgehead atoms. The molecule has 0 aliphatic heterocycles. The fourth-order valence-corrected chi connectivity index (χ4v) is 1.44. The summed E-state index contributed by atoms with van der Waals surface area (Å²) in [7, 11) is 0. The van der Waals surface area contributed by atoms with Gasteiger partial charge in [-0.3, -0.25) is 10.1 Å². The van der Waals surface area contributed by atoms with Crippen molar-refractivity contribution in [3.05, 3.63) is 26.9 Å². The molecular weight excluding hydrogens is 264 g/mol. The summed E-state index contributed by atoms with van der Waals surface area (Å²) in [6, 6.07) is 1.41. The molecule has 3 N–H and O–H groups in total. The SMILES string of the molecule is NCCCNc1ncc([N+](=O)[O-])cc1Br. The first-order valence-corrected chi connectivity index (χ1v) is 5.18. The zero-order valence-electron chi connectivity index (χ0n) is 7.94. The molecule has 0 saturated heterocycles. The van der Waals surface area contributed by atoms with E-state index in [0.717, 1.165) is 6.42 Å². The molecule has 0 radical (unpaired) electrons. The molecule has 1 aromatic heterocycles. The van der Waals surface area contributed by atoms with Crippen LogP contribution in [0.1, 0.15) is 6.42 Å². The summed E-state index contributed by atoms with van der Waals surface area (Å²) in [5, 5.41) is 13.5. The zero-order valence-corrected chi connectivity index (χ0v) is 9.53. The largest absolute Gasteiger partial charge is 0.369 e. The minimum Gasteiger partial charge on any atom is -0.369 e. The van der Waals surface area contributed by atoms with E-state index in [4.69, 9.17) is 5.73 Å². The summed E-state index contributed by atoms with van der Waals surface area (Å²) >= 11 is 3.21. The van der Waals surface area contributed by atoms with Crippen molar-refractivity contribution in [1.82, 2.24) is 4.98 Å². The Labute approximate surface area is 95.2 Å². The highest BCUT2D eigenvalue weighted by Gasteiger charge is 2.09. The highest BCUT2D eigenvalue weighted by atomic mass is 79.9. The quantitative estimate of drug-likeness (QED) is 0.482. The second-order valence-electron chi connectivity index (χ2n) is 2.85. The van der Waals surface area contributed by atoms with E-state index in [1.807, 2.05) is 0 Å². The maximum Gasteiger partial charge on any atom is 0.288 e. The first kappa shape index (κ1) is 11.9. The number of nitrogens with zero attached hydrogens (tertiary/aromatic N) is 2. The zero-order chi connectivity index (χ0) is 11.3. The summed E-state index contributed by atoms with van der Waals surface area (Å²) in [5.41, 5.74) is 5.30. The highest BCUT2D eigenvalue weighted by molar-refractivity contribution is 9.10. The summed E-state index contributed by atoms with van der Waals surface area (Å²) in [4.78, 5) is 13.9. The van der Waals surface area contributed by atoms with Crippen LogP contribution < -0.4 is 11.1 Å². The van der Waals surface area contributed by atoms with Gasteiger partial charge in [-0.25, -0.2) is 4.98 Å². The Morgan fingerprint density at radius 1 is 1.67 bits per heavy atom. The fraction of sp³-hybridized carbons (Fsp3) is 0.375. The van der Waals surface area contributed by atoms with Gasteiger partial charge in [-0.2, -0.15) is 0 Å². The number of nitrogens with one attached hydrogen (secondary N) is 1. The predicted molar refractivity (Wildman–Crippen MR) is 60.8 cm³/mol. The van der Waals surface area contributed by atoms with Crippen LogP contribution in [0.2, 0.25) is 0 Å². The van der Waals surface area contributed by atoms with Gasteiger partial charge in [0.1, 0.15) is 12.0 Å². The van der Waals surface area contributed by atoms with Crippen molar-refractivity contribution in [3.63, 3.8) is 0 Å². The lowest BCUT2D eigenvalue weighted by Gasteiger charge is -2.05. The van der Waals surface area contributed by atoms with E-state index < -0.39 is 4.92 Å². The van der Waals surface area contributed by atoms with Crippen LogP contribution in [0.3, 0.4) is 0 Å². The third kappa shape index (κ3) is 3.45. The van der Waals surface area contributed by atoms with Gasteiger partial charge < -0.3 is 11.1 Å². The van der Waals surface area contributed by atoms with Crippen molar-refractivity contribution in [1.29, 1.82) is 0 Å². The van der Waals surface area contributed by atoms with Crippen molar-refractivity contribution in [3.8, 4) is 0 Å².